The summed E-state index contributed by atoms with van der Waals surface area (Å²) in [5.74, 6) is -1.72. The van der Waals surface area contributed by atoms with Crippen LogP contribution < -0.4 is 4.74 Å². The van der Waals surface area contributed by atoms with Crippen LogP contribution in [0, 0.1) is 11.6 Å². The molecular formula is C15H19F2NO2. The summed E-state index contributed by atoms with van der Waals surface area (Å²) in [6.45, 7) is 3.79. The number of nitrogens with zero attached hydrogens (tertiary/aromatic N) is 1. The van der Waals surface area contributed by atoms with Crippen molar-refractivity contribution in [3.05, 3.63) is 29.8 Å². The molecule has 3 nitrogen and oxygen atoms in total. The lowest BCUT2D eigenvalue weighted by molar-refractivity contribution is -0.139. The van der Waals surface area contributed by atoms with Crippen LogP contribution in [0.2, 0.25) is 0 Å². The van der Waals surface area contributed by atoms with Crippen molar-refractivity contribution in [1.29, 1.82) is 0 Å². The molecular weight excluding hydrogens is 264 g/mol. The van der Waals surface area contributed by atoms with E-state index in [1.807, 2.05) is 13.8 Å². The van der Waals surface area contributed by atoms with E-state index < -0.39 is 11.6 Å². The minimum atomic E-state index is -0.794. The molecule has 2 atom stereocenters. The van der Waals surface area contributed by atoms with Gasteiger partial charge in [-0.3, -0.25) is 4.79 Å². The SMILES string of the molecule is C[C@@H]1CCC[C@H](C)N1C(=O)COc1ccc(F)cc1F. The van der Waals surface area contributed by atoms with E-state index >= 15 is 0 Å². The van der Waals surface area contributed by atoms with Crippen molar-refractivity contribution in [3.8, 4) is 5.75 Å². The number of hydrogen-bond acceptors (Lipinski definition) is 2. The molecule has 2 rings (SSSR count). The molecule has 1 saturated heterocycles. The van der Waals surface area contributed by atoms with E-state index in [0.717, 1.165) is 31.4 Å². The number of piperidine rings is 1. The third kappa shape index (κ3) is 3.26. The molecule has 0 aliphatic carbocycles. The van der Waals surface area contributed by atoms with Gasteiger partial charge in [0.1, 0.15) is 5.82 Å². The smallest absolute Gasteiger partial charge is 0.260 e. The molecule has 0 N–H and O–H groups in total. The maximum absolute atomic E-state index is 13.4. The third-order valence-corrected chi connectivity index (χ3v) is 3.73. The summed E-state index contributed by atoms with van der Waals surface area (Å²) in [6.07, 6.45) is 3.06. The highest BCUT2D eigenvalue weighted by Gasteiger charge is 2.29. The van der Waals surface area contributed by atoms with Crippen LogP contribution in [0.15, 0.2) is 18.2 Å². The Hall–Kier alpha value is -1.65. The first-order valence-electron chi connectivity index (χ1n) is 6.88. The Morgan fingerprint density at radius 1 is 1.30 bits per heavy atom. The van der Waals surface area contributed by atoms with Crippen molar-refractivity contribution in [2.45, 2.75) is 45.2 Å². The second-order valence-corrected chi connectivity index (χ2v) is 5.29. The van der Waals surface area contributed by atoms with Gasteiger partial charge >= 0.3 is 0 Å². The molecule has 5 heteroatoms. The summed E-state index contributed by atoms with van der Waals surface area (Å²) in [6, 6.07) is 3.39. The molecule has 1 aromatic rings. The van der Waals surface area contributed by atoms with Crippen LogP contribution in [-0.4, -0.2) is 29.5 Å². The number of amides is 1. The van der Waals surface area contributed by atoms with Crippen LogP contribution in [0.25, 0.3) is 0 Å². The average Bonchev–Trinajstić information content (AvgIpc) is 2.37. The number of benzene rings is 1. The van der Waals surface area contributed by atoms with Gasteiger partial charge < -0.3 is 9.64 Å². The number of ether oxygens (including phenoxy) is 1. The second kappa shape index (κ2) is 6.20. The number of rotatable bonds is 3. The van der Waals surface area contributed by atoms with Crippen LogP contribution in [-0.2, 0) is 4.79 Å². The van der Waals surface area contributed by atoms with Gasteiger partial charge in [-0.15, -0.1) is 0 Å². The summed E-state index contributed by atoms with van der Waals surface area (Å²) in [5, 5.41) is 0. The standard InChI is InChI=1S/C15H19F2NO2/c1-10-4-3-5-11(2)18(10)15(19)9-20-14-7-6-12(16)8-13(14)17/h6-8,10-11H,3-5,9H2,1-2H3/t10-,11+. The molecule has 0 unspecified atom stereocenters. The minimum absolute atomic E-state index is 0.0999. The van der Waals surface area contributed by atoms with Crippen molar-refractivity contribution in [2.75, 3.05) is 6.61 Å². The van der Waals surface area contributed by atoms with Gasteiger partial charge in [-0.1, -0.05) is 0 Å². The normalized spacial score (nSPS) is 22.7. The average molecular weight is 283 g/mol. The van der Waals surface area contributed by atoms with Gasteiger partial charge in [-0.25, -0.2) is 8.78 Å². The summed E-state index contributed by atoms with van der Waals surface area (Å²) < 4.78 is 31.3. The highest BCUT2D eigenvalue weighted by Crippen LogP contribution is 2.23. The lowest BCUT2D eigenvalue weighted by Gasteiger charge is -2.38. The number of hydrogen-bond donors (Lipinski definition) is 0. The van der Waals surface area contributed by atoms with E-state index in [1.165, 1.54) is 6.07 Å². The first kappa shape index (κ1) is 14.8. The summed E-state index contributed by atoms with van der Waals surface area (Å²) in [5.41, 5.74) is 0. The van der Waals surface area contributed by atoms with E-state index in [-0.39, 0.29) is 30.3 Å². The molecule has 1 aromatic carbocycles. The number of carbonyl (C=O) groups is 1. The predicted molar refractivity (Wildman–Crippen MR) is 71.5 cm³/mol. The zero-order valence-electron chi connectivity index (χ0n) is 11.7. The highest BCUT2D eigenvalue weighted by molar-refractivity contribution is 5.78. The van der Waals surface area contributed by atoms with Gasteiger partial charge in [0, 0.05) is 18.2 Å². The largest absolute Gasteiger partial charge is 0.481 e. The predicted octanol–water partition coefficient (Wildman–Crippen LogP) is 3.13. The Morgan fingerprint density at radius 3 is 2.55 bits per heavy atom. The van der Waals surface area contributed by atoms with Gasteiger partial charge in [-0.2, -0.15) is 0 Å². The summed E-state index contributed by atoms with van der Waals surface area (Å²) >= 11 is 0. The molecule has 110 valence electrons. The van der Waals surface area contributed by atoms with Gasteiger partial charge in [0.25, 0.3) is 5.91 Å². The van der Waals surface area contributed by atoms with E-state index in [0.29, 0.717) is 0 Å². The van der Waals surface area contributed by atoms with E-state index in [4.69, 9.17) is 4.74 Å². The molecule has 1 aliphatic rings. The Kier molecular flexibility index (Phi) is 4.57. The topological polar surface area (TPSA) is 29.5 Å². The van der Waals surface area contributed by atoms with Crippen LogP contribution in [0.3, 0.4) is 0 Å². The van der Waals surface area contributed by atoms with Crippen LogP contribution >= 0.6 is 0 Å². The van der Waals surface area contributed by atoms with Crippen LogP contribution in [0.1, 0.15) is 33.1 Å². The van der Waals surface area contributed by atoms with E-state index in [9.17, 15) is 13.6 Å². The van der Waals surface area contributed by atoms with Gasteiger partial charge in [0.05, 0.1) is 0 Å². The summed E-state index contributed by atoms with van der Waals surface area (Å²) in [4.78, 5) is 14.0. The third-order valence-electron chi connectivity index (χ3n) is 3.73. The van der Waals surface area contributed by atoms with Crippen LogP contribution in [0.5, 0.6) is 5.75 Å². The fraction of sp³-hybridized carbons (Fsp3) is 0.533. The number of halogens is 2. The van der Waals surface area contributed by atoms with Crippen molar-refractivity contribution in [2.24, 2.45) is 0 Å². The zero-order valence-corrected chi connectivity index (χ0v) is 11.7. The molecule has 1 aliphatic heterocycles. The molecule has 0 radical (unpaired) electrons. The minimum Gasteiger partial charge on any atom is -0.481 e. The zero-order chi connectivity index (χ0) is 14.7. The molecule has 0 bridgehead atoms. The fourth-order valence-corrected chi connectivity index (χ4v) is 2.72. The van der Waals surface area contributed by atoms with Crippen molar-refractivity contribution >= 4 is 5.91 Å². The highest BCUT2D eigenvalue weighted by atomic mass is 19.1. The Balaban J connectivity index is 1.97. The Labute approximate surface area is 117 Å². The number of likely N-dealkylation sites (tertiary alicyclic amines) is 1. The maximum atomic E-state index is 13.4. The Morgan fingerprint density at radius 2 is 1.95 bits per heavy atom. The van der Waals surface area contributed by atoms with Crippen molar-refractivity contribution in [1.82, 2.24) is 4.90 Å². The molecule has 20 heavy (non-hydrogen) atoms. The first-order chi connectivity index (χ1) is 9.49. The fourth-order valence-electron chi connectivity index (χ4n) is 2.72. The molecule has 0 saturated carbocycles. The molecule has 1 heterocycles. The monoisotopic (exact) mass is 283 g/mol. The molecule has 0 spiro atoms. The lowest BCUT2D eigenvalue weighted by atomic mass is 9.97. The first-order valence-corrected chi connectivity index (χ1v) is 6.88. The van der Waals surface area contributed by atoms with Gasteiger partial charge in [0.15, 0.2) is 18.2 Å². The van der Waals surface area contributed by atoms with Crippen molar-refractivity contribution < 1.29 is 18.3 Å². The summed E-state index contributed by atoms with van der Waals surface area (Å²) in [7, 11) is 0. The van der Waals surface area contributed by atoms with Crippen molar-refractivity contribution in [3.63, 3.8) is 0 Å². The van der Waals surface area contributed by atoms with Gasteiger partial charge in [0.2, 0.25) is 0 Å². The molecule has 1 fully saturated rings. The van der Waals surface area contributed by atoms with E-state index in [1.54, 1.807) is 4.90 Å². The van der Waals surface area contributed by atoms with Crippen LogP contribution in [0.4, 0.5) is 8.78 Å². The second-order valence-electron chi connectivity index (χ2n) is 5.29. The number of carbonyl (C=O) groups excluding carboxylic acids is 1. The molecule has 1 amide bonds. The maximum Gasteiger partial charge on any atom is 0.260 e. The van der Waals surface area contributed by atoms with E-state index in [2.05, 4.69) is 0 Å². The Bertz CT molecular complexity index is 483. The quantitative estimate of drug-likeness (QED) is 0.853. The lowest BCUT2D eigenvalue weighted by Crippen LogP contribution is -2.49. The molecule has 0 aromatic heterocycles. The van der Waals surface area contributed by atoms with Gasteiger partial charge in [-0.05, 0) is 45.2 Å².